The molecule has 13 heavy (non-hydrogen) atoms. The van der Waals surface area contributed by atoms with Gasteiger partial charge in [-0.1, -0.05) is 19.1 Å². The highest BCUT2D eigenvalue weighted by Gasteiger charge is 2.29. The van der Waals surface area contributed by atoms with E-state index in [0.29, 0.717) is 6.42 Å². The molecule has 2 atom stereocenters. The molecule has 1 aliphatic carbocycles. The fraction of sp³-hybridized carbons (Fsp3) is 0.556. The largest absolute Gasteiger partial charge is 0.396 e. The molecule has 0 saturated heterocycles. The van der Waals surface area contributed by atoms with Gasteiger partial charge in [0.2, 0.25) is 5.70 Å². The zero-order chi connectivity index (χ0) is 9.84. The van der Waals surface area contributed by atoms with Crippen molar-refractivity contribution in [3.8, 4) is 0 Å². The molecule has 0 radical (unpaired) electrons. The second-order valence-corrected chi connectivity index (χ2v) is 3.28. The minimum Gasteiger partial charge on any atom is -0.396 e. The van der Waals surface area contributed by atoms with Crippen molar-refractivity contribution in [1.82, 2.24) is 0 Å². The van der Waals surface area contributed by atoms with Gasteiger partial charge in [-0.05, 0) is 12.3 Å². The Hall–Kier alpha value is -1.16. The van der Waals surface area contributed by atoms with E-state index in [1.807, 2.05) is 13.0 Å². The number of aliphatic hydroxyl groups excluding tert-OH is 1. The first-order valence-electron chi connectivity index (χ1n) is 4.28. The Balaban J connectivity index is 2.81. The molecule has 0 aromatic carbocycles. The number of nitro groups is 1. The minimum absolute atomic E-state index is 0.0102. The third-order valence-corrected chi connectivity index (χ3v) is 2.36. The van der Waals surface area contributed by atoms with Crippen LogP contribution in [0.1, 0.15) is 13.3 Å². The normalized spacial score (nSPS) is 23.8. The van der Waals surface area contributed by atoms with E-state index in [1.54, 1.807) is 6.08 Å². The Morgan fingerprint density at radius 1 is 1.85 bits per heavy atom. The summed E-state index contributed by atoms with van der Waals surface area (Å²) in [6.45, 7) is 1.81. The Morgan fingerprint density at radius 3 is 3.08 bits per heavy atom. The average molecular weight is 183 g/mol. The van der Waals surface area contributed by atoms with Crippen LogP contribution in [0.15, 0.2) is 23.9 Å². The molecule has 0 aromatic heterocycles. The highest BCUT2D eigenvalue weighted by Crippen LogP contribution is 2.27. The lowest BCUT2D eigenvalue weighted by Crippen LogP contribution is -2.22. The van der Waals surface area contributed by atoms with Crippen molar-refractivity contribution in [3.05, 3.63) is 34.0 Å². The highest BCUT2D eigenvalue weighted by molar-refractivity contribution is 5.16. The first kappa shape index (κ1) is 9.92. The van der Waals surface area contributed by atoms with E-state index < -0.39 is 0 Å². The fourth-order valence-corrected chi connectivity index (χ4v) is 1.48. The molecule has 4 heteroatoms. The predicted octanol–water partition coefficient (Wildman–Crippen LogP) is 1.35. The van der Waals surface area contributed by atoms with Crippen LogP contribution < -0.4 is 0 Å². The monoisotopic (exact) mass is 183 g/mol. The lowest BCUT2D eigenvalue weighted by Gasteiger charge is -2.19. The fourth-order valence-electron chi connectivity index (χ4n) is 1.48. The van der Waals surface area contributed by atoms with Gasteiger partial charge in [-0.25, -0.2) is 0 Å². The maximum absolute atomic E-state index is 10.6. The number of hydrogen-bond donors (Lipinski definition) is 1. The summed E-state index contributed by atoms with van der Waals surface area (Å²) in [4.78, 5) is 10.2. The van der Waals surface area contributed by atoms with Gasteiger partial charge in [-0.3, -0.25) is 10.1 Å². The van der Waals surface area contributed by atoms with Crippen molar-refractivity contribution in [1.29, 1.82) is 0 Å². The van der Waals surface area contributed by atoms with Gasteiger partial charge >= 0.3 is 0 Å². The van der Waals surface area contributed by atoms with E-state index in [4.69, 9.17) is 5.11 Å². The molecular weight excluding hydrogens is 170 g/mol. The van der Waals surface area contributed by atoms with Gasteiger partial charge in [-0.15, -0.1) is 0 Å². The molecule has 0 aliphatic heterocycles. The molecule has 1 N–H and O–H groups in total. The summed E-state index contributed by atoms with van der Waals surface area (Å²) in [6, 6.07) is 0. The standard InChI is InChI=1S/C9H13NO3/c1-7(6-11)8-4-2-3-5-9(8)10(12)13/h2-3,5,7-8,11H,4,6H2,1H3. The van der Waals surface area contributed by atoms with E-state index in [-0.39, 0.29) is 29.1 Å². The van der Waals surface area contributed by atoms with Crippen molar-refractivity contribution in [2.45, 2.75) is 13.3 Å². The SMILES string of the molecule is CC(CO)C1CC=CC=C1[N+](=O)[O-]. The van der Waals surface area contributed by atoms with Crippen molar-refractivity contribution in [3.63, 3.8) is 0 Å². The second kappa shape index (κ2) is 4.18. The third kappa shape index (κ3) is 2.15. The lowest BCUT2D eigenvalue weighted by atomic mass is 9.86. The molecule has 2 unspecified atom stereocenters. The lowest BCUT2D eigenvalue weighted by molar-refractivity contribution is -0.435. The van der Waals surface area contributed by atoms with Crippen molar-refractivity contribution in [2.75, 3.05) is 6.61 Å². The summed E-state index contributed by atoms with van der Waals surface area (Å²) < 4.78 is 0. The van der Waals surface area contributed by atoms with Crippen LogP contribution in [-0.4, -0.2) is 16.6 Å². The summed E-state index contributed by atoms with van der Waals surface area (Å²) in [5.74, 6) is -0.202. The topological polar surface area (TPSA) is 63.4 Å². The first-order chi connectivity index (χ1) is 6.16. The molecule has 72 valence electrons. The zero-order valence-corrected chi connectivity index (χ0v) is 7.51. The maximum atomic E-state index is 10.6. The minimum atomic E-state index is -0.361. The number of aliphatic hydroxyl groups is 1. The molecule has 1 aliphatic rings. The molecular formula is C9H13NO3. The van der Waals surface area contributed by atoms with Crippen molar-refractivity contribution < 1.29 is 10.0 Å². The van der Waals surface area contributed by atoms with Crippen LogP contribution in [0.25, 0.3) is 0 Å². The summed E-state index contributed by atoms with van der Waals surface area (Å²) in [5.41, 5.74) is 0.212. The van der Waals surface area contributed by atoms with E-state index in [1.165, 1.54) is 6.08 Å². The molecule has 0 heterocycles. The molecule has 0 amide bonds. The number of nitrogens with zero attached hydrogens (tertiary/aromatic N) is 1. The summed E-state index contributed by atoms with van der Waals surface area (Å²) in [6.07, 6.45) is 5.75. The molecule has 1 rings (SSSR count). The van der Waals surface area contributed by atoms with Crippen LogP contribution >= 0.6 is 0 Å². The average Bonchev–Trinajstić information content (AvgIpc) is 2.16. The highest BCUT2D eigenvalue weighted by atomic mass is 16.6. The molecule has 0 aromatic rings. The quantitative estimate of drug-likeness (QED) is 0.530. The van der Waals surface area contributed by atoms with Gasteiger partial charge in [0.1, 0.15) is 0 Å². The van der Waals surface area contributed by atoms with Crippen LogP contribution in [-0.2, 0) is 0 Å². The van der Waals surface area contributed by atoms with Gasteiger partial charge < -0.3 is 5.11 Å². The Kier molecular flexibility index (Phi) is 3.19. The second-order valence-electron chi connectivity index (χ2n) is 3.28. The van der Waals surface area contributed by atoms with Gasteiger partial charge in [0.15, 0.2) is 0 Å². The smallest absolute Gasteiger partial charge is 0.249 e. The van der Waals surface area contributed by atoms with Gasteiger partial charge in [0.05, 0.1) is 10.8 Å². The van der Waals surface area contributed by atoms with Crippen molar-refractivity contribution >= 4 is 0 Å². The number of hydrogen-bond acceptors (Lipinski definition) is 3. The molecule has 0 bridgehead atoms. The van der Waals surface area contributed by atoms with E-state index in [2.05, 4.69) is 0 Å². The van der Waals surface area contributed by atoms with Gasteiger partial charge in [-0.2, -0.15) is 0 Å². The molecule has 4 nitrogen and oxygen atoms in total. The van der Waals surface area contributed by atoms with Crippen LogP contribution in [0, 0.1) is 22.0 Å². The molecule has 0 saturated carbocycles. The number of allylic oxidation sites excluding steroid dienone is 4. The predicted molar refractivity (Wildman–Crippen MR) is 48.6 cm³/mol. The Bertz CT molecular complexity index is 258. The first-order valence-corrected chi connectivity index (χ1v) is 4.28. The Morgan fingerprint density at radius 2 is 2.54 bits per heavy atom. The summed E-state index contributed by atoms with van der Waals surface area (Å²) >= 11 is 0. The van der Waals surface area contributed by atoms with Crippen LogP contribution in [0.5, 0.6) is 0 Å². The third-order valence-electron chi connectivity index (χ3n) is 2.36. The summed E-state index contributed by atoms with van der Waals surface area (Å²) in [5, 5.41) is 19.5. The maximum Gasteiger partial charge on any atom is 0.249 e. The van der Waals surface area contributed by atoms with E-state index in [9.17, 15) is 10.1 Å². The molecule has 0 fully saturated rings. The van der Waals surface area contributed by atoms with Gasteiger partial charge in [0.25, 0.3) is 0 Å². The molecule has 0 spiro atoms. The van der Waals surface area contributed by atoms with E-state index in [0.717, 1.165) is 0 Å². The Labute approximate surface area is 76.7 Å². The zero-order valence-electron chi connectivity index (χ0n) is 7.51. The van der Waals surface area contributed by atoms with Crippen LogP contribution in [0.3, 0.4) is 0 Å². The van der Waals surface area contributed by atoms with Crippen LogP contribution in [0.2, 0.25) is 0 Å². The van der Waals surface area contributed by atoms with E-state index >= 15 is 0 Å². The summed E-state index contributed by atoms with van der Waals surface area (Å²) in [7, 11) is 0. The van der Waals surface area contributed by atoms with Crippen molar-refractivity contribution in [2.24, 2.45) is 11.8 Å². The van der Waals surface area contributed by atoms with Crippen LogP contribution in [0.4, 0.5) is 0 Å². The number of rotatable bonds is 3. The van der Waals surface area contributed by atoms with Gasteiger partial charge in [0, 0.05) is 12.7 Å².